The van der Waals surface area contributed by atoms with Crippen LogP contribution in [0.1, 0.15) is 26.3 Å². The highest BCUT2D eigenvalue weighted by molar-refractivity contribution is 6.30. The fourth-order valence-electron chi connectivity index (χ4n) is 2.32. The first-order valence-electron chi connectivity index (χ1n) is 10.1. The molecular weight excluding hydrogens is 462 g/mol. The smallest absolute Gasteiger partial charge is 0.239 e. The second-order valence-corrected chi connectivity index (χ2v) is 8.22. The van der Waals surface area contributed by atoms with Crippen LogP contribution in [0.5, 0.6) is 0 Å². The van der Waals surface area contributed by atoms with Crippen LogP contribution in [0.15, 0.2) is 54.6 Å². The van der Waals surface area contributed by atoms with Crippen LogP contribution in [-0.2, 0) is 11.3 Å². The first-order valence-corrected chi connectivity index (χ1v) is 10.9. The molecule has 0 fully saturated rings. The van der Waals surface area contributed by atoms with Crippen molar-refractivity contribution >= 4 is 35.1 Å². The highest BCUT2D eigenvalue weighted by Gasteiger charge is 2.08. The average molecular weight is 489 g/mol. The minimum Gasteiger partial charge on any atom is -0.350 e. The van der Waals surface area contributed by atoms with E-state index in [9.17, 15) is 9.18 Å². The molecule has 1 amide bonds. The Morgan fingerprint density at radius 2 is 1.67 bits per heavy atom. The number of terminal acetylenes is 1. The molecule has 0 radical (unpaired) electrons. The number of carbonyl (C=O) groups is 1. The summed E-state index contributed by atoms with van der Waals surface area (Å²) in [6.07, 6.45) is 8.00. The molecule has 2 N–H and O–H groups in total. The Hall–Kier alpha value is -3.14. The van der Waals surface area contributed by atoms with E-state index in [0.29, 0.717) is 22.8 Å². The van der Waals surface area contributed by atoms with Crippen molar-refractivity contribution in [3.05, 3.63) is 76.2 Å². The summed E-state index contributed by atoms with van der Waals surface area (Å²) in [4.78, 5) is 20.3. The molecule has 0 atom stereocenters. The largest absolute Gasteiger partial charge is 0.350 e. The van der Waals surface area contributed by atoms with Crippen molar-refractivity contribution in [3.63, 3.8) is 0 Å². The zero-order chi connectivity index (χ0) is 24.8. The number of carbonyl (C=O) groups excluding carboxylic acids is 1. The van der Waals surface area contributed by atoms with E-state index >= 15 is 0 Å². The summed E-state index contributed by atoms with van der Waals surface area (Å²) in [6, 6.07) is 14.7. The monoisotopic (exact) mass is 488 g/mol. The van der Waals surface area contributed by atoms with Crippen molar-refractivity contribution in [1.29, 1.82) is 0 Å². The number of hydrogen-bond donors (Lipinski definition) is 2. The molecule has 0 spiro atoms. The SMILES string of the molecule is C#C.CC(C)C.O=C(CNc1nc(Cl)cc(-c2cccc(F)c2)n1)NCc1ccc(Cl)cc1. The first-order chi connectivity index (χ1) is 15.7. The quantitative estimate of drug-likeness (QED) is 0.318. The molecular formula is C25H27Cl2FN4O. The number of benzene rings is 2. The Labute approximate surface area is 204 Å². The van der Waals surface area contributed by atoms with Crippen LogP contribution in [0, 0.1) is 24.6 Å². The zero-order valence-corrected chi connectivity index (χ0v) is 20.3. The fraction of sp³-hybridized carbons (Fsp3) is 0.240. The molecule has 1 heterocycles. The molecule has 8 heteroatoms. The van der Waals surface area contributed by atoms with E-state index in [0.717, 1.165) is 11.5 Å². The lowest BCUT2D eigenvalue weighted by molar-refractivity contribution is -0.119. The molecule has 0 aliphatic carbocycles. The van der Waals surface area contributed by atoms with E-state index < -0.39 is 0 Å². The number of halogens is 3. The van der Waals surface area contributed by atoms with Crippen LogP contribution in [-0.4, -0.2) is 22.4 Å². The normalized spacial score (nSPS) is 9.73. The standard InChI is InChI=1S/C19H15Cl2FN4O.C4H10.C2H2/c20-14-6-4-12(5-7-14)10-23-18(27)11-24-19-25-16(9-17(21)26-19)13-2-1-3-15(22)8-13;1-4(2)3;1-2/h1-9H,10-11H2,(H,23,27)(H,24,25,26);4H,1-3H3;1-2H. The lowest BCUT2D eigenvalue weighted by Crippen LogP contribution is -2.29. The number of rotatable bonds is 6. The van der Waals surface area contributed by atoms with E-state index in [4.69, 9.17) is 23.2 Å². The summed E-state index contributed by atoms with van der Waals surface area (Å²) in [5, 5.41) is 6.42. The molecule has 33 heavy (non-hydrogen) atoms. The van der Waals surface area contributed by atoms with Crippen molar-refractivity contribution in [3.8, 4) is 24.1 Å². The minimum atomic E-state index is -0.377. The van der Waals surface area contributed by atoms with Crippen LogP contribution < -0.4 is 10.6 Å². The maximum Gasteiger partial charge on any atom is 0.239 e. The maximum absolute atomic E-state index is 13.4. The lowest BCUT2D eigenvalue weighted by atomic mass is 10.1. The Bertz CT molecular complexity index is 1040. The Kier molecular flexibility index (Phi) is 12.5. The number of anilines is 1. The highest BCUT2D eigenvalue weighted by Crippen LogP contribution is 2.22. The van der Waals surface area contributed by atoms with Crippen molar-refractivity contribution < 1.29 is 9.18 Å². The third kappa shape index (κ3) is 11.3. The van der Waals surface area contributed by atoms with E-state index in [1.807, 2.05) is 12.1 Å². The van der Waals surface area contributed by atoms with E-state index in [-0.39, 0.29) is 29.4 Å². The van der Waals surface area contributed by atoms with Gasteiger partial charge >= 0.3 is 0 Å². The Balaban J connectivity index is 0.000000820. The zero-order valence-electron chi connectivity index (χ0n) is 18.8. The third-order valence-electron chi connectivity index (χ3n) is 3.63. The van der Waals surface area contributed by atoms with Gasteiger partial charge in [0.2, 0.25) is 11.9 Å². The lowest BCUT2D eigenvalue weighted by Gasteiger charge is -2.09. The Morgan fingerprint density at radius 3 is 2.27 bits per heavy atom. The van der Waals surface area contributed by atoms with Crippen molar-refractivity contribution in [1.82, 2.24) is 15.3 Å². The maximum atomic E-state index is 13.4. The molecule has 3 rings (SSSR count). The number of aromatic nitrogens is 2. The number of amides is 1. The predicted octanol–water partition coefficient (Wildman–Crippen LogP) is 6.23. The van der Waals surface area contributed by atoms with Gasteiger partial charge in [0.15, 0.2) is 0 Å². The van der Waals surface area contributed by atoms with Gasteiger partial charge in [0.25, 0.3) is 0 Å². The van der Waals surface area contributed by atoms with Gasteiger partial charge in [-0.2, -0.15) is 0 Å². The van der Waals surface area contributed by atoms with Gasteiger partial charge in [0, 0.05) is 23.2 Å². The molecule has 0 bridgehead atoms. The Morgan fingerprint density at radius 1 is 1.03 bits per heavy atom. The van der Waals surface area contributed by atoms with Crippen LogP contribution in [0.4, 0.5) is 10.3 Å². The minimum absolute atomic E-state index is 0.0312. The van der Waals surface area contributed by atoms with E-state index in [2.05, 4.69) is 54.2 Å². The summed E-state index contributed by atoms with van der Waals surface area (Å²) >= 11 is 11.8. The van der Waals surface area contributed by atoms with Gasteiger partial charge in [-0.1, -0.05) is 68.2 Å². The van der Waals surface area contributed by atoms with Gasteiger partial charge < -0.3 is 10.6 Å². The van der Waals surface area contributed by atoms with Gasteiger partial charge in [-0.15, -0.1) is 12.8 Å². The average Bonchev–Trinajstić information content (AvgIpc) is 2.78. The number of hydrogen-bond acceptors (Lipinski definition) is 4. The van der Waals surface area contributed by atoms with Gasteiger partial charge in [-0.25, -0.2) is 14.4 Å². The molecule has 2 aromatic carbocycles. The van der Waals surface area contributed by atoms with Crippen LogP contribution in [0.3, 0.4) is 0 Å². The molecule has 0 unspecified atom stereocenters. The number of nitrogens with one attached hydrogen (secondary N) is 2. The van der Waals surface area contributed by atoms with Crippen molar-refractivity contribution in [2.24, 2.45) is 5.92 Å². The molecule has 3 aromatic rings. The van der Waals surface area contributed by atoms with E-state index in [1.165, 1.54) is 18.2 Å². The summed E-state index contributed by atoms with van der Waals surface area (Å²) in [5.74, 6) is 0.405. The van der Waals surface area contributed by atoms with Crippen LogP contribution >= 0.6 is 23.2 Å². The van der Waals surface area contributed by atoms with Crippen molar-refractivity contribution in [2.45, 2.75) is 27.3 Å². The van der Waals surface area contributed by atoms with Gasteiger partial charge in [0.1, 0.15) is 11.0 Å². The summed E-state index contributed by atoms with van der Waals surface area (Å²) in [7, 11) is 0. The van der Waals surface area contributed by atoms with E-state index in [1.54, 1.807) is 24.3 Å². The second kappa shape index (κ2) is 14.8. The third-order valence-corrected chi connectivity index (χ3v) is 4.07. The van der Waals surface area contributed by atoms with Crippen molar-refractivity contribution in [2.75, 3.05) is 11.9 Å². The molecule has 5 nitrogen and oxygen atoms in total. The fourth-order valence-corrected chi connectivity index (χ4v) is 2.63. The molecule has 1 aromatic heterocycles. The molecule has 0 aliphatic rings. The highest BCUT2D eigenvalue weighted by atomic mass is 35.5. The first kappa shape index (κ1) is 27.9. The molecule has 0 saturated heterocycles. The second-order valence-electron chi connectivity index (χ2n) is 7.40. The van der Waals surface area contributed by atoms with Gasteiger partial charge in [-0.3, -0.25) is 4.79 Å². The predicted molar refractivity (Wildman–Crippen MR) is 135 cm³/mol. The molecule has 0 saturated carbocycles. The van der Waals surface area contributed by atoms with Gasteiger partial charge in [-0.05, 0) is 35.7 Å². The van der Waals surface area contributed by atoms with Crippen LogP contribution in [0.2, 0.25) is 10.2 Å². The summed E-state index contributed by atoms with van der Waals surface area (Å²) < 4.78 is 13.4. The summed E-state index contributed by atoms with van der Waals surface area (Å²) in [6.45, 7) is 6.85. The van der Waals surface area contributed by atoms with Crippen LogP contribution in [0.25, 0.3) is 11.3 Å². The topological polar surface area (TPSA) is 66.9 Å². The molecule has 174 valence electrons. The molecule has 0 aliphatic heterocycles. The summed E-state index contributed by atoms with van der Waals surface area (Å²) in [5.41, 5.74) is 1.95. The van der Waals surface area contributed by atoms with Gasteiger partial charge in [0.05, 0.1) is 12.2 Å². The number of nitrogens with zero attached hydrogens (tertiary/aromatic N) is 2.